The number of aliphatic hydroxyl groups is 2. The first kappa shape index (κ1) is 28.3. The minimum atomic E-state index is -1.21. The molecule has 4 atom stereocenters. The second kappa shape index (κ2) is 12.4. The summed E-state index contributed by atoms with van der Waals surface area (Å²) in [4.78, 5) is 40.0. The van der Waals surface area contributed by atoms with E-state index in [1.807, 2.05) is 31.2 Å². The zero-order chi connectivity index (χ0) is 28.1. The van der Waals surface area contributed by atoms with Crippen molar-refractivity contribution in [2.75, 3.05) is 34.0 Å². The van der Waals surface area contributed by atoms with Crippen LogP contribution >= 0.6 is 0 Å². The topological polar surface area (TPSA) is 135 Å². The highest BCUT2D eigenvalue weighted by atomic mass is 16.5. The van der Waals surface area contributed by atoms with E-state index in [9.17, 15) is 24.6 Å². The standard InChI is InChI=1S/C29H34N2O8/c1-17-4-6-18(7-5-17)15-31(24(34)8-11-37-2)22-14-21(29(36)30-9-10-32)25-20-12-19(16-33)13-23(38-3)27(20)39-28(25)26(22)35/h4-7,12-14,16,22,25-26,28,32,35H,8-11,15H2,1-3H3,(H,30,36)/t22-,25+,26+,28+/m1/s1. The Balaban J connectivity index is 1.80. The summed E-state index contributed by atoms with van der Waals surface area (Å²) in [6.45, 7) is 2.11. The number of nitrogens with zero attached hydrogens (tertiary/aromatic N) is 1. The maximum atomic E-state index is 13.4. The molecule has 208 valence electrons. The minimum Gasteiger partial charge on any atom is -0.493 e. The lowest BCUT2D eigenvalue weighted by Gasteiger charge is -2.40. The van der Waals surface area contributed by atoms with Gasteiger partial charge in [-0.2, -0.15) is 0 Å². The van der Waals surface area contributed by atoms with Crippen molar-refractivity contribution in [3.05, 3.63) is 70.3 Å². The number of hydrogen-bond acceptors (Lipinski definition) is 8. The van der Waals surface area contributed by atoms with E-state index < -0.39 is 30.1 Å². The van der Waals surface area contributed by atoms with E-state index in [1.165, 1.54) is 25.2 Å². The summed E-state index contributed by atoms with van der Waals surface area (Å²) < 4.78 is 16.8. The monoisotopic (exact) mass is 538 g/mol. The van der Waals surface area contributed by atoms with Crippen molar-refractivity contribution in [3.8, 4) is 11.5 Å². The number of hydrogen-bond donors (Lipinski definition) is 3. The van der Waals surface area contributed by atoms with Crippen LogP contribution in [0.15, 0.2) is 48.0 Å². The molecule has 0 unspecified atom stereocenters. The van der Waals surface area contributed by atoms with Gasteiger partial charge in [0.15, 0.2) is 11.5 Å². The molecule has 0 radical (unpaired) electrons. The average Bonchev–Trinajstić information content (AvgIpc) is 3.34. The normalized spacial score (nSPS) is 21.2. The zero-order valence-corrected chi connectivity index (χ0v) is 22.3. The third-order valence-corrected chi connectivity index (χ3v) is 7.08. The SMILES string of the molecule is COCCC(=O)N(Cc1ccc(C)cc1)[C@@H]1C=C(C(=O)NCCO)[C@@H]2c3cc(C=O)cc(OC)c3O[C@@H]2[C@H]1O. The molecule has 10 nitrogen and oxygen atoms in total. The van der Waals surface area contributed by atoms with Crippen LogP contribution in [0.5, 0.6) is 11.5 Å². The number of aryl methyl sites for hydroxylation is 1. The first-order chi connectivity index (χ1) is 18.8. The summed E-state index contributed by atoms with van der Waals surface area (Å²) in [6.07, 6.45) is 0.202. The van der Waals surface area contributed by atoms with Gasteiger partial charge in [-0.25, -0.2) is 0 Å². The summed E-state index contributed by atoms with van der Waals surface area (Å²) in [5.74, 6) is -0.829. The summed E-state index contributed by atoms with van der Waals surface area (Å²) in [7, 11) is 2.95. The van der Waals surface area contributed by atoms with Crippen LogP contribution in [0, 0.1) is 6.92 Å². The van der Waals surface area contributed by atoms with E-state index in [-0.39, 0.29) is 44.2 Å². The first-order valence-electron chi connectivity index (χ1n) is 12.8. The van der Waals surface area contributed by atoms with Crippen LogP contribution in [0.1, 0.15) is 39.4 Å². The summed E-state index contributed by atoms with van der Waals surface area (Å²) in [5.41, 5.74) is 3.05. The lowest BCUT2D eigenvalue weighted by Crippen LogP contribution is -2.55. The van der Waals surface area contributed by atoms with E-state index in [0.717, 1.165) is 11.1 Å². The van der Waals surface area contributed by atoms with E-state index in [2.05, 4.69) is 5.32 Å². The molecule has 4 rings (SSSR count). The van der Waals surface area contributed by atoms with Gasteiger partial charge in [-0.05, 0) is 30.7 Å². The molecule has 2 aliphatic rings. The number of benzene rings is 2. The highest BCUT2D eigenvalue weighted by Crippen LogP contribution is 2.51. The molecule has 0 spiro atoms. The van der Waals surface area contributed by atoms with E-state index in [1.54, 1.807) is 12.1 Å². The van der Waals surface area contributed by atoms with Crippen LogP contribution in [-0.4, -0.2) is 85.4 Å². The van der Waals surface area contributed by atoms with Gasteiger partial charge in [0.25, 0.3) is 0 Å². The maximum absolute atomic E-state index is 13.4. The molecule has 0 saturated heterocycles. The molecule has 3 N–H and O–H groups in total. The quantitative estimate of drug-likeness (QED) is 0.367. The van der Waals surface area contributed by atoms with Crippen LogP contribution < -0.4 is 14.8 Å². The number of nitrogens with one attached hydrogen (secondary N) is 1. The summed E-state index contributed by atoms with van der Waals surface area (Å²) in [5, 5.41) is 23.6. The Morgan fingerprint density at radius 1 is 1.18 bits per heavy atom. The molecule has 2 amide bonds. The number of rotatable bonds is 11. The fraction of sp³-hybridized carbons (Fsp3) is 0.414. The van der Waals surface area contributed by atoms with Gasteiger partial charge in [0.05, 0.1) is 38.7 Å². The van der Waals surface area contributed by atoms with Crippen molar-refractivity contribution in [3.63, 3.8) is 0 Å². The number of aldehydes is 1. The van der Waals surface area contributed by atoms with Crippen molar-refractivity contribution in [1.29, 1.82) is 0 Å². The van der Waals surface area contributed by atoms with Gasteiger partial charge in [-0.3, -0.25) is 14.4 Å². The second-order valence-corrected chi connectivity index (χ2v) is 9.65. The van der Waals surface area contributed by atoms with Gasteiger partial charge in [0.2, 0.25) is 11.8 Å². The maximum Gasteiger partial charge on any atom is 0.247 e. The Hall–Kier alpha value is -3.73. The van der Waals surface area contributed by atoms with E-state index >= 15 is 0 Å². The molecule has 39 heavy (non-hydrogen) atoms. The summed E-state index contributed by atoms with van der Waals surface area (Å²) >= 11 is 0. The molecule has 0 aromatic heterocycles. The van der Waals surface area contributed by atoms with Gasteiger partial charge >= 0.3 is 0 Å². The van der Waals surface area contributed by atoms with E-state index in [0.29, 0.717) is 28.9 Å². The predicted octanol–water partition coefficient (Wildman–Crippen LogP) is 1.50. The van der Waals surface area contributed by atoms with Crippen molar-refractivity contribution in [1.82, 2.24) is 10.2 Å². The Labute approximate surface area is 227 Å². The molecule has 0 fully saturated rings. The largest absolute Gasteiger partial charge is 0.493 e. The number of carbonyl (C=O) groups excluding carboxylic acids is 3. The Bertz CT molecular complexity index is 1240. The fourth-order valence-electron chi connectivity index (χ4n) is 5.14. The molecule has 2 aromatic rings. The predicted molar refractivity (Wildman–Crippen MR) is 142 cm³/mol. The smallest absolute Gasteiger partial charge is 0.247 e. The van der Waals surface area contributed by atoms with Gasteiger partial charge in [0, 0.05) is 36.9 Å². The molecule has 10 heteroatoms. The first-order valence-corrected chi connectivity index (χ1v) is 12.8. The van der Waals surface area contributed by atoms with Crippen molar-refractivity contribution in [2.24, 2.45) is 0 Å². The lowest BCUT2D eigenvalue weighted by molar-refractivity contribution is -0.139. The van der Waals surface area contributed by atoms with Crippen molar-refractivity contribution in [2.45, 2.75) is 44.1 Å². The molecule has 0 saturated carbocycles. The number of fused-ring (bicyclic) bond motifs is 3. The molecule has 1 heterocycles. The van der Waals surface area contributed by atoms with Crippen molar-refractivity contribution >= 4 is 18.1 Å². The molecular formula is C29H34N2O8. The number of aliphatic hydroxyl groups excluding tert-OH is 2. The molecular weight excluding hydrogens is 504 g/mol. The van der Waals surface area contributed by atoms with Crippen LogP contribution in [0.3, 0.4) is 0 Å². The summed E-state index contributed by atoms with van der Waals surface area (Å²) in [6, 6.07) is 9.95. The van der Waals surface area contributed by atoms with Gasteiger partial charge in [0.1, 0.15) is 18.5 Å². The molecule has 2 aromatic carbocycles. The average molecular weight is 539 g/mol. The Morgan fingerprint density at radius 2 is 1.92 bits per heavy atom. The van der Waals surface area contributed by atoms with Gasteiger partial charge < -0.3 is 34.6 Å². The highest BCUT2D eigenvalue weighted by molar-refractivity contribution is 5.96. The number of carbonyl (C=O) groups is 3. The molecule has 0 bridgehead atoms. The van der Waals surface area contributed by atoms with E-state index in [4.69, 9.17) is 14.2 Å². The number of amides is 2. The minimum absolute atomic E-state index is 0.0199. The van der Waals surface area contributed by atoms with Crippen LogP contribution in [0.2, 0.25) is 0 Å². The fourth-order valence-corrected chi connectivity index (χ4v) is 5.14. The second-order valence-electron chi connectivity index (χ2n) is 9.65. The number of methoxy groups -OCH3 is 2. The Morgan fingerprint density at radius 3 is 2.56 bits per heavy atom. The molecule has 1 aliphatic heterocycles. The third kappa shape index (κ3) is 5.83. The third-order valence-electron chi connectivity index (χ3n) is 7.08. The van der Waals surface area contributed by atoms with Gasteiger partial charge in [-0.1, -0.05) is 29.8 Å². The Kier molecular flexibility index (Phi) is 9.01. The molecule has 1 aliphatic carbocycles. The van der Waals surface area contributed by atoms with Crippen LogP contribution in [0.25, 0.3) is 0 Å². The lowest BCUT2D eigenvalue weighted by atomic mass is 9.77. The van der Waals surface area contributed by atoms with Gasteiger partial charge in [-0.15, -0.1) is 0 Å². The van der Waals surface area contributed by atoms with Crippen LogP contribution in [-0.2, 0) is 20.9 Å². The zero-order valence-electron chi connectivity index (χ0n) is 22.3. The highest BCUT2D eigenvalue weighted by Gasteiger charge is 2.51. The van der Waals surface area contributed by atoms with Crippen LogP contribution in [0.4, 0.5) is 0 Å². The number of ether oxygens (including phenoxy) is 3. The van der Waals surface area contributed by atoms with Crippen molar-refractivity contribution < 1.29 is 38.8 Å².